The first-order valence-electron chi connectivity index (χ1n) is 9.33. The zero-order valence-electron chi connectivity index (χ0n) is 15.1. The number of piperidine rings is 1. The topological polar surface area (TPSA) is 67.6 Å². The van der Waals surface area contributed by atoms with E-state index in [2.05, 4.69) is 15.7 Å². The van der Waals surface area contributed by atoms with E-state index in [1.165, 1.54) is 20.0 Å². The lowest BCUT2D eigenvalue weighted by Crippen LogP contribution is -2.39. The monoisotopic (exact) mass is 355 g/mol. The second-order valence-electron chi connectivity index (χ2n) is 7.33. The Morgan fingerprint density at radius 1 is 1.35 bits per heavy atom. The van der Waals surface area contributed by atoms with Crippen molar-refractivity contribution in [3.63, 3.8) is 0 Å². The largest absolute Gasteiger partial charge is 0.504 e. The van der Waals surface area contributed by atoms with Gasteiger partial charge in [-0.25, -0.2) is 4.98 Å². The second-order valence-corrected chi connectivity index (χ2v) is 7.33. The molecule has 4 rings (SSSR count). The van der Waals surface area contributed by atoms with Gasteiger partial charge in [0.05, 0.1) is 12.7 Å². The molecule has 1 atom stereocenters. The molecule has 26 heavy (non-hydrogen) atoms. The van der Waals surface area contributed by atoms with Crippen molar-refractivity contribution in [3.05, 3.63) is 42.0 Å². The summed E-state index contributed by atoms with van der Waals surface area (Å²) >= 11 is 0. The van der Waals surface area contributed by atoms with Crippen LogP contribution in [0.2, 0.25) is 0 Å². The molecule has 1 aliphatic heterocycles. The molecular formula is C20H25N3O3. The van der Waals surface area contributed by atoms with Crippen molar-refractivity contribution in [2.75, 3.05) is 20.2 Å². The predicted molar refractivity (Wildman–Crippen MR) is 97.5 cm³/mol. The Balaban J connectivity index is 1.52. The van der Waals surface area contributed by atoms with Gasteiger partial charge in [0, 0.05) is 37.9 Å². The smallest absolute Gasteiger partial charge is 0.257 e. The molecule has 1 aromatic heterocycles. The van der Waals surface area contributed by atoms with Crippen LogP contribution < -0.4 is 4.74 Å². The Kier molecular flexibility index (Phi) is 4.57. The van der Waals surface area contributed by atoms with Gasteiger partial charge in [-0.15, -0.1) is 0 Å². The van der Waals surface area contributed by atoms with Crippen LogP contribution in [0, 0.1) is 5.92 Å². The number of para-hydroxylation sites is 1. The molecule has 2 heterocycles. The minimum Gasteiger partial charge on any atom is -0.504 e. The third-order valence-electron chi connectivity index (χ3n) is 5.42. The SMILES string of the molecule is COc1cccc(C(=O)N2CCC[C@@H](c3nccn3CC3CC3)C2)c1O. The van der Waals surface area contributed by atoms with Crippen LogP contribution in [-0.2, 0) is 6.54 Å². The molecule has 1 N–H and O–H groups in total. The molecule has 6 heteroatoms. The quantitative estimate of drug-likeness (QED) is 0.895. The summed E-state index contributed by atoms with van der Waals surface area (Å²) in [6, 6.07) is 5.03. The number of hydrogen-bond donors (Lipinski definition) is 1. The first-order chi connectivity index (χ1) is 12.7. The number of carbonyl (C=O) groups excluding carboxylic acids is 1. The van der Waals surface area contributed by atoms with Gasteiger partial charge >= 0.3 is 0 Å². The standard InChI is InChI=1S/C20H25N3O3/c1-26-17-6-2-5-16(18(17)24)20(25)23-10-3-4-15(13-23)19-21-9-11-22(19)12-14-7-8-14/h2,5-6,9,11,14-15,24H,3-4,7-8,10,12-13H2,1H3/t15-/m1/s1. The zero-order chi connectivity index (χ0) is 18.1. The number of likely N-dealkylation sites (tertiary alicyclic amines) is 1. The number of amides is 1. The first-order valence-corrected chi connectivity index (χ1v) is 9.33. The Morgan fingerprint density at radius 2 is 2.19 bits per heavy atom. The highest BCUT2D eigenvalue weighted by molar-refractivity contribution is 5.97. The first kappa shape index (κ1) is 16.9. The van der Waals surface area contributed by atoms with E-state index in [1.54, 1.807) is 18.2 Å². The van der Waals surface area contributed by atoms with Gasteiger partial charge in [-0.1, -0.05) is 6.07 Å². The van der Waals surface area contributed by atoms with Crippen LogP contribution in [0.4, 0.5) is 0 Å². The second kappa shape index (κ2) is 7.02. The van der Waals surface area contributed by atoms with Crippen molar-refractivity contribution in [2.24, 2.45) is 5.92 Å². The van der Waals surface area contributed by atoms with E-state index in [0.29, 0.717) is 24.4 Å². The number of rotatable bonds is 5. The molecule has 0 spiro atoms. The maximum Gasteiger partial charge on any atom is 0.257 e. The highest BCUT2D eigenvalue weighted by atomic mass is 16.5. The Morgan fingerprint density at radius 3 is 2.96 bits per heavy atom. The number of carbonyl (C=O) groups is 1. The lowest BCUT2D eigenvalue weighted by molar-refractivity contribution is 0.0699. The molecule has 1 saturated heterocycles. The molecule has 2 aliphatic rings. The van der Waals surface area contributed by atoms with Crippen molar-refractivity contribution in [3.8, 4) is 11.5 Å². The Labute approximate surface area is 153 Å². The molecule has 6 nitrogen and oxygen atoms in total. The molecule has 2 fully saturated rings. The number of aromatic nitrogens is 2. The summed E-state index contributed by atoms with van der Waals surface area (Å²) in [5, 5.41) is 10.3. The Hall–Kier alpha value is -2.50. The van der Waals surface area contributed by atoms with Gasteiger partial charge in [0.25, 0.3) is 5.91 Å². The number of phenolic OH excluding ortho intramolecular Hbond substituents is 1. The molecule has 1 aromatic carbocycles. The van der Waals surface area contributed by atoms with E-state index in [4.69, 9.17) is 4.74 Å². The minimum atomic E-state index is -0.147. The number of ether oxygens (including phenoxy) is 1. The molecule has 1 aliphatic carbocycles. The lowest BCUT2D eigenvalue weighted by Gasteiger charge is -2.33. The molecule has 138 valence electrons. The van der Waals surface area contributed by atoms with Gasteiger partial charge < -0.3 is 19.3 Å². The van der Waals surface area contributed by atoms with E-state index in [-0.39, 0.29) is 17.6 Å². The number of hydrogen-bond acceptors (Lipinski definition) is 4. The van der Waals surface area contributed by atoms with Crippen LogP contribution in [0.15, 0.2) is 30.6 Å². The van der Waals surface area contributed by atoms with Gasteiger partial charge in [0.1, 0.15) is 5.82 Å². The number of phenols is 1. The van der Waals surface area contributed by atoms with E-state index in [1.807, 2.05) is 11.1 Å². The molecule has 1 saturated carbocycles. The van der Waals surface area contributed by atoms with Gasteiger partial charge in [-0.3, -0.25) is 4.79 Å². The molecule has 0 bridgehead atoms. The number of benzene rings is 1. The molecule has 2 aromatic rings. The Bertz CT molecular complexity index is 797. The summed E-state index contributed by atoms with van der Waals surface area (Å²) < 4.78 is 7.39. The average molecular weight is 355 g/mol. The minimum absolute atomic E-state index is 0.0858. The van der Waals surface area contributed by atoms with Crippen LogP contribution in [0.25, 0.3) is 0 Å². The fourth-order valence-corrected chi connectivity index (χ4v) is 3.82. The molecule has 0 radical (unpaired) electrons. The van der Waals surface area contributed by atoms with Crippen molar-refractivity contribution in [2.45, 2.75) is 38.1 Å². The maximum absolute atomic E-state index is 13.0. The molecule has 1 amide bonds. The van der Waals surface area contributed by atoms with Gasteiger partial charge in [0.15, 0.2) is 11.5 Å². The van der Waals surface area contributed by atoms with Crippen molar-refractivity contribution in [1.29, 1.82) is 0 Å². The molecular weight excluding hydrogens is 330 g/mol. The highest BCUT2D eigenvalue weighted by Crippen LogP contribution is 2.34. The summed E-state index contributed by atoms with van der Waals surface area (Å²) in [5.74, 6) is 2.21. The van der Waals surface area contributed by atoms with Crippen molar-refractivity contribution >= 4 is 5.91 Å². The summed E-state index contributed by atoms with van der Waals surface area (Å²) in [6.45, 7) is 2.38. The van der Waals surface area contributed by atoms with E-state index < -0.39 is 0 Å². The van der Waals surface area contributed by atoms with Crippen LogP contribution >= 0.6 is 0 Å². The van der Waals surface area contributed by atoms with Crippen molar-refractivity contribution in [1.82, 2.24) is 14.5 Å². The van der Waals surface area contributed by atoms with Crippen molar-refractivity contribution < 1.29 is 14.6 Å². The predicted octanol–water partition coefficient (Wildman–Crippen LogP) is 3.03. The number of imidazole rings is 1. The number of aromatic hydroxyl groups is 1. The normalized spacial score (nSPS) is 20.2. The summed E-state index contributed by atoms with van der Waals surface area (Å²) in [6.07, 6.45) is 8.52. The fourth-order valence-electron chi connectivity index (χ4n) is 3.82. The van der Waals surface area contributed by atoms with E-state index in [0.717, 1.165) is 31.1 Å². The third-order valence-corrected chi connectivity index (χ3v) is 5.42. The maximum atomic E-state index is 13.0. The number of methoxy groups -OCH3 is 1. The fraction of sp³-hybridized carbons (Fsp3) is 0.500. The van der Waals surface area contributed by atoms with Gasteiger partial charge in [-0.2, -0.15) is 0 Å². The highest BCUT2D eigenvalue weighted by Gasteiger charge is 2.30. The third kappa shape index (κ3) is 3.28. The van der Waals surface area contributed by atoms with Gasteiger partial charge in [0.2, 0.25) is 0 Å². The van der Waals surface area contributed by atoms with Crippen LogP contribution in [0.3, 0.4) is 0 Å². The summed E-state index contributed by atoms with van der Waals surface area (Å²) in [4.78, 5) is 19.4. The lowest BCUT2D eigenvalue weighted by atomic mass is 9.96. The van der Waals surface area contributed by atoms with Crippen LogP contribution in [0.1, 0.15) is 47.8 Å². The van der Waals surface area contributed by atoms with Gasteiger partial charge in [-0.05, 0) is 43.7 Å². The average Bonchev–Trinajstić information content (AvgIpc) is 3.36. The van der Waals surface area contributed by atoms with Crippen LogP contribution in [0.5, 0.6) is 11.5 Å². The molecule has 0 unspecified atom stereocenters. The van der Waals surface area contributed by atoms with E-state index >= 15 is 0 Å². The summed E-state index contributed by atoms with van der Waals surface area (Å²) in [5.41, 5.74) is 0.298. The number of nitrogens with zero attached hydrogens (tertiary/aromatic N) is 3. The van der Waals surface area contributed by atoms with Crippen LogP contribution in [-0.4, -0.2) is 45.7 Å². The van der Waals surface area contributed by atoms with E-state index in [9.17, 15) is 9.90 Å². The zero-order valence-corrected chi connectivity index (χ0v) is 15.1. The summed E-state index contributed by atoms with van der Waals surface area (Å²) in [7, 11) is 1.49.